The average Bonchev–Trinajstić information content (AvgIpc) is 3.11. The first kappa shape index (κ1) is 25.4. The molecular weight excluding hydrogens is 344 g/mol. The van der Waals surface area contributed by atoms with Crippen LogP contribution in [0.25, 0.3) is 0 Å². The number of hydrogen-bond acceptors (Lipinski definition) is 2. The predicted molar refractivity (Wildman–Crippen MR) is 124 cm³/mol. The fraction of sp³-hybridized carbons (Fsp3) is 0.880. The van der Waals surface area contributed by atoms with Crippen molar-refractivity contribution >= 4 is 6.21 Å². The lowest BCUT2D eigenvalue weighted by atomic mass is 10.1. The molecule has 2 atom stereocenters. The molecule has 0 spiro atoms. The van der Waals surface area contributed by atoms with Crippen LogP contribution in [-0.4, -0.2) is 48.2 Å². The van der Waals surface area contributed by atoms with Gasteiger partial charge in [0, 0.05) is 6.42 Å². The van der Waals surface area contributed by atoms with E-state index in [1.165, 1.54) is 96.3 Å². The van der Waals surface area contributed by atoms with Gasteiger partial charge < -0.3 is 5.11 Å². The molecular formula is C25H49N2O+. The second-order valence-corrected chi connectivity index (χ2v) is 8.70. The molecule has 1 heterocycles. The summed E-state index contributed by atoms with van der Waals surface area (Å²) in [6.45, 7) is 7.73. The molecule has 164 valence electrons. The van der Waals surface area contributed by atoms with Crippen molar-refractivity contribution in [3.63, 3.8) is 0 Å². The van der Waals surface area contributed by atoms with Crippen LogP contribution >= 0.6 is 0 Å². The maximum absolute atomic E-state index is 9.38. The predicted octanol–water partition coefficient (Wildman–Crippen LogP) is 6.65. The lowest BCUT2D eigenvalue weighted by molar-refractivity contribution is -0.936. The van der Waals surface area contributed by atoms with E-state index in [0.717, 1.165) is 24.1 Å². The van der Waals surface area contributed by atoms with Crippen LogP contribution in [0.1, 0.15) is 110 Å². The largest absolute Gasteiger partial charge is 0.391 e. The fourth-order valence-electron chi connectivity index (χ4n) is 4.45. The summed E-state index contributed by atoms with van der Waals surface area (Å²) in [6, 6.07) is 0. The summed E-state index contributed by atoms with van der Waals surface area (Å²) >= 11 is 0. The molecule has 0 saturated carbocycles. The third-order valence-electron chi connectivity index (χ3n) is 6.50. The third-order valence-corrected chi connectivity index (χ3v) is 6.50. The van der Waals surface area contributed by atoms with E-state index in [0.29, 0.717) is 6.17 Å². The van der Waals surface area contributed by atoms with Gasteiger partial charge in [0.2, 0.25) is 0 Å². The first-order chi connectivity index (χ1) is 13.8. The van der Waals surface area contributed by atoms with E-state index < -0.39 is 0 Å². The van der Waals surface area contributed by atoms with Gasteiger partial charge >= 0.3 is 0 Å². The normalized spacial score (nSPS) is 21.9. The Kier molecular flexibility index (Phi) is 15.6. The highest BCUT2D eigenvalue weighted by molar-refractivity contribution is 5.60. The number of likely N-dealkylation sites (N-methyl/N-ethyl adjacent to an activating group) is 1. The van der Waals surface area contributed by atoms with Gasteiger partial charge in [-0.05, 0) is 39.0 Å². The number of nitrogens with zero attached hydrogens (tertiary/aromatic N) is 2. The number of aliphatic hydroxyl groups is 1. The Labute approximate surface area is 175 Å². The molecule has 1 aliphatic heterocycles. The Morgan fingerprint density at radius 3 is 2.00 bits per heavy atom. The maximum Gasteiger partial charge on any atom is 0.182 e. The number of quaternary nitrogens is 1. The second-order valence-electron chi connectivity index (χ2n) is 8.70. The van der Waals surface area contributed by atoms with E-state index in [9.17, 15) is 5.11 Å². The van der Waals surface area contributed by atoms with Gasteiger partial charge in [-0.1, -0.05) is 76.9 Å². The zero-order chi connectivity index (χ0) is 20.3. The minimum Gasteiger partial charge on any atom is -0.391 e. The lowest BCUT2D eigenvalue weighted by Crippen LogP contribution is -2.53. The molecule has 0 aromatic heterocycles. The number of hydrogen-bond donors (Lipinski definition) is 1. The van der Waals surface area contributed by atoms with Crippen LogP contribution in [0.2, 0.25) is 0 Å². The Hall–Kier alpha value is -0.670. The van der Waals surface area contributed by atoms with Crippen molar-refractivity contribution in [2.24, 2.45) is 4.99 Å². The SMILES string of the molecule is CCCCCCCCCC/C=C/CCCCCCC1N=CC[N+]1(CC)CCO. The molecule has 0 amide bonds. The highest BCUT2D eigenvalue weighted by Gasteiger charge is 2.36. The molecule has 3 nitrogen and oxygen atoms in total. The Morgan fingerprint density at radius 1 is 0.857 bits per heavy atom. The van der Waals surface area contributed by atoms with Gasteiger partial charge in [0.05, 0.1) is 19.4 Å². The number of allylic oxidation sites excluding steroid dienone is 2. The van der Waals surface area contributed by atoms with Crippen LogP contribution in [0.3, 0.4) is 0 Å². The van der Waals surface area contributed by atoms with Gasteiger partial charge in [-0.2, -0.15) is 0 Å². The number of unbranched alkanes of at least 4 members (excludes halogenated alkanes) is 12. The highest BCUT2D eigenvalue weighted by atomic mass is 16.3. The van der Waals surface area contributed by atoms with Crippen LogP contribution in [0, 0.1) is 0 Å². The number of aliphatic hydroxyl groups excluding tert-OH is 1. The van der Waals surface area contributed by atoms with Crippen molar-refractivity contribution in [1.82, 2.24) is 0 Å². The molecule has 0 radical (unpaired) electrons. The highest BCUT2D eigenvalue weighted by Crippen LogP contribution is 2.24. The van der Waals surface area contributed by atoms with Crippen LogP contribution in [0.5, 0.6) is 0 Å². The molecule has 1 rings (SSSR count). The van der Waals surface area contributed by atoms with Crippen LogP contribution < -0.4 is 0 Å². The smallest absolute Gasteiger partial charge is 0.182 e. The van der Waals surface area contributed by atoms with Crippen LogP contribution in [0.4, 0.5) is 0 Å². The Bertz CT molecular complexity index is 407. The van der Waals surface area contributed by atoms with E-state index in [1.807, 2.05) is 0 Å². The van der Waals surface area contributed by atoms with E-state index in [2.05, 4.69) is 32.2 Å². The minimum atomic E-state index is 0.277. The molecule has 0 fully saturated rings. The lowest BCUT2D eigenvalue weighted by Gasteiger charge is -2.37. The van der Waals surface area contributed by atoms with Crippen LogP contribution in [0.15, 0.2) is 17.1 Å². The van der Waals surface area contributed by atoms with E-state index in [-0.39, 0.29) is 6.61 Å². The first-order valence-corrected chi connectivity index (χ1v) is 12.4. The topological polar surface area (TPSA) is 32.6 Å². The summed E-state index contributed by atoms with van der Waals surface area (Å²) in [4.78, 5) is 4.71. The molecule has 2 unspecified atom stereocenters. The summed E-state index contributed by atoms with van der Waals surface area (Å²) in [5, 5.41) is 9.38. The van der Waals surface area contributed by atoms with Gasteiger partial charge in [0.15, 0.2) is 6.17 Å². The molecule has 3 heteroatoms. The third kappa shape index (κ3) is 10.8. The quantitative estimate of drug-likeness (QED) is 0.149. The van der Waals surface area contributed by atoms with Gasteiger partial charge in [0.25, 0.3) is 0 Å². The Balaban J connectivity index is 1.91. The van der Waals surface area contributed by atoms with Crippen molar-refractivity contribution in [3.05, 3.63) is 12.2 Å². The minimum absolute atomic E-state index is 0.277. The summed E-state index contributed by atoms with van der Waals surface area (Å²) in [6.07, 6.45) is 27.5. The van der Waals surface area contributed by atoms with Gasteiger partial charge in [-0.25, -0.2) is 4.99 Å². The first-order valence-electron chi connectivity index (χ1n) is 12.4. The van der Waals surface area contributed by atoms with Crippen molar-refractivity contribution in [2.45, 2.75) is 116 Å². The van der Waals surface area contributed by atoms with Gasteiger partial charge in [0.1, 0.15) is 13.1 Å². The molecule has 1 aliphatic rings. The summed E-state index contributed by atoms with van der Waals surface area (Å²) in [5.41, 5.74) is 0. The van der Waals surface area contributed by atoms with E-state index in [4.69, 9.17) is 4.99 Å². The molecule has 0 aromatic carbocycles. The molecule has 28 heavy (non-hydrogen) atoms. The van der Waals surface area contributed by atoms with E-state index in [1.54, 1.807) is 0 Å². The monoisotopic (exact) mass is 393 g/mol. The molecule has 0 aliphatic carbocycles. The number of aliphatic imine (C=N–C) groups is 1. The summed E-state index contributed by atoms with van der Waals surface area (Å²) in [5.74, 6) is 0. The number of rotatable bonds is 19. The summed E-state index contributed by atoms with van der Waals surface area (Å²) in [7, 11) is 0. The van der Waals surface area contributed by atoms with Gasteiger partial charge in [-0.15, -0.1) is 0 Å². The standard InChI is InChI=1S/C25H49N2O/c1-3-5-6-7-8-9-10-11-12-13-14-15-16-17-18-19-20-25-26-21-22-27(25,4-2)23-24-28/h13-14,21,25,28H,3-12,15-20,22-24H2,1-2H3/q+1/b14-13+. The average molecular weight is 394 g/mol. The van der Waals surface area contributed by atoms with Crippen molar-refractivity contribution < 1.29 is 9.59 Å². The zero-order valence-corrected chi connectivity index (χ0v) is 19.1. The van der Waals surface area contributed by atoms with E-state index >= 15 is 0 Å². The zero-order valence-electron chi connectivity index (χ0n) is 19.1. The van der Waals surface area contributed by atoms with Crippen molar-refractivity contribution in [1.29, 1.82) is 0 Å². The maximum atomic E-state index is 9.38. The molecule has 1 N–H and O–H groups in total. The van der Waals surface area contributed by atoms with Gasteiger partial charge in [-0.3, -0.25) is 4.48 Å². The molecule has 0 aromatic rings. The van der Waals surface area contributed by atoms with Crippen LogP contribution in [-0.2, 0) is 0 Å². The molecule has 0 saturated heterocycles. The van der Waals surface area contributed by atoms with Crippen molar-refractivity contribution in [2.75, 3.05) is 26.2 Å². The molecule has 0 bridgehead atoms. The van der Waals surface area contributed by atoms with Crippen molar-refractivity contribution in [3.8, 4) is 0 Å². The Morgan fingerprint density at radius 2 is 1.43 bits per heavy atom. The second kappa shape index (κ2) is 17.2. The summed E-state index contributed by atoms with van der Waals surface area (Å²) < 4.78 is 0.970. The fourth-order valence-corrected chi connectivity index (χ4v) is 4.45.